The van der Waals surface area contributed by atoms with Crippen LogP contribution in [0.1, 0.15) is 16.8 Å². The normalized spacial score (nSPS) is 11.8. The van der Waals surface area contributed by atoms with Gasteiger partial charge in [0.2, 0.25) is 16.4 Å². The summed E-state index contributed by atoms with van der Waals surface area (Å²) in [6.45, 7) is 0. The molecule has 1 heterocycles. The molecule has 3 aromatic rings. The molecule has 0 saturated carbocycles. The van der Waals surface area contributed by atoms with Gasteiger partial charge < -0.3 is 9.73 Å². The zero-order valence-electron chi connectivity index (χ0n) is 15.5. The fourth-order valence-corrected chi connectivity index (χ4v) is 4.48. The van der Waals surface area contributed by atoms with E-state index in [1.54, 1.807) is 0 Å². The number of fused-ring (bicyclic) bond motifs is 1. The SMILES string of the molecule is CNC(=O)c1c(-c2ccc(F)cc2)oc2cc(NS(=O)(=O)CCC(F)F)c(Br)cc12. The van der Waals surface area contributed by atoms with Gasteiger partial charge in [0, 0.05) is 35.0 Å². The summed E-state index contributed by atoms with van der Waals surface area (Å²) in [4.78, 5) is 12.5. The Morgan fingerprint density at radius 1 is 1.20 bits per heavy atom. The zero-order chi connectivity index (χ0) is 22.1. The molecule has 3 rings (SSSR count). The third kappa shape index (κ3) is 4.78. The molecule has 1 amide bonds. The largest absolute Gasteiger partial charge is 0.455 e. The van der Waals surface area contributed by atoms with Crippen molar-refractivity contribution in [2.45, 2.75) is 12.8 Å². The summed E-state index contributed by atoms with van der Waals surface area (Å²) < 4.78 is 70.5. The molecule has 0 atom stereocenters. The van der Waals surface area contributed by atoms with Crippen molar-refractivity contribution in [3.05, 3.63) is 52.3 Å². The lowest BCUT2D eigenvalue weighted by Gasteiger charge is -2.10. The Labute approximate surface area is 178 Å². The molecule has 30 heavy (non-hydrogen) atoms. The van der Waals surface area contributed by atoms with Crippen LogP contribution in [0, 0.1) is 5.82 Å². The van der Waals surface area contributed by atoms with Gasteiger partial charge in [-0.05, 0) is 46.3 Å². The van der Waals surface area contributed by atoms with Crippen LogP contribution in [0.4, 0.5) is 18.9 Å². The van der Waals surface area contributed by atoms with Crippen LogP contribution in [0.25, 0.3) is 22.3 Å². The molecule has 0 saturated heterocycles. The van der Waals surface area contributed by atoms with Gasteiger partial charge >= 0.3 is 0 Å². The van der Waals surface area contributed by atoms with Crippen molar-refractivity contribution >= 4 is 48.5 Å². The summed E-state index contributed by atoms with van der Waals surface area (Å²) in [5.74, 6) is -1.49. The standard InChI is InChI=1S/C19H16BrF3N2O4S/c1-24-19(26)17-12-8-13(20)14(25-30(27,28)7-6-16(22)23)9-15(12)29-18(17)10-2-4-11(21)5-3-10/h2-5,8-9,16,25H,6-7H2,1H3,(H,24,26). The zero-order valence-corrected chi connectivity index (χ0v) is 17.9. The summed E-state index contributed by atoms with van der Waals surface area (Å²) in [6.07, 6.45) is -3.54. The fraction of sp³-hybridized carbons (Fsp3) is 0.211. The van der Waals surface area contributed by atoms with Crippen molar-refractivity contribution < 1.29 is 30.8 Å². The lowest BCUT2D eigenvalue weighted by atomic mass is 10.0. The topological polar surface area (TPSA) is 88.4 Å². The van der Waals surface area contributed by atoms with Crippen molar-refractivity contribution in [2.75, 3.05) is 17.5 Å². The van der Waals surface area contributed by atoms with E-state index in [9.17, 15) is 26.4 Å². The molecule has 11 heteroatoms. The van der Waals surface area contributed by atoms with Gasteiger partial charge in [-0.1, -0.05) is 0 Å². The van der Waals surface area contributed by atoms with Crippen LogP contribution in [-0.4, -0.2) is 33.6 Å². The van der Waals surface area contributed by atoms with Crippen molar-refractivity contribution in [2.24, 2.45) is 0 Å². The molecule has 2 N–H and O–H groups in total. The van der Waals surface area contributed by atoms with E-state index in [4.69, 9.17) is 4.42 Å². The van der Waals surface area contributed by atoms with Crippen LogP contribution in [0.3, 0.4) is 0 Å². The van der Waals surface area contributed by atoms with Gasteiger partial charge in [0.05, 0.1) is 17.0 Å². The van der Waals surface area contributed by atoms with Crippen LogP contribution >= 0.6 is 15.9 Å². The van der Waals surface area contributed by atoms with Gasteiger partial charge in [-0.3, -0.25) is 9.52 Å². The first-order chi connectivity index (χ1) is 14.1. The average molecular weight is 505 g/mol. The number of hydrogen-bond donors (Lipinski definition) is 2. The predicted molar refractivity (Wildman–Crippen MR) is 111 cm³/mol. The molecule has 0 aliphatic heterocycles. The minimum Gasteiger partial charge on any atom is -0.455 e. The Bertz CT molecular complexity index is 1190. The first-order valence-electron chi connectivity index (χ1n) is 8.64. The van der Waals surface area contributed by atoms with Crippen molar-refractivity contribution in [1.29, 1.82) is 0 Å². The first-order valence-corrected chi connectivity index (χ1v) is 11.1. The van der Waals surface area contributed by atoms with Gasteiger partial charge in [-0.15, -0.1) is 0 Å². The van der Waals surface area contributed by atoms with E-state index in [0.29, 0.717) is 10.9 Å². The van der Waals surface area contributed by atoms with Gasteiger partial charge in [-0.25, -0.2) is 21.6 Å². The predicted octanol–water partition coefficient (Wildman–Crippen LogP) is 4.76. The second-order valence-corrected chi connectivity index (χ2v) is 9.02. The number of rotatable bonds is 7. The van der Waals surface area contributed by atoms with E-state index in [1.165, 1.54) is 43.4 Å². The molecular weight excluding hydrogens is 489 g/mol. The Morgan fingerprint density at radius 2 is 1.87 bits per heavy atom. The van der Waals surface area contributed by atoms with E-state index in [1.807, 2.05) is 0 Å². The number of alkyl halides is 2. The lowest BCUT2D eigenvalue weighted by molar-refractivity contribution is 0.0964. The van der Waals surface area contributed by atoms with Crippen LogP contribution in [0.5, 0.6) is 0 Å². The van der Waals surface area contributed by atoms with Gasteiger partial charge in [-0.2, -0.15) is 0 Å². The monoisotopic (exact) mass is 504 g/mol. The van der Waals surface area contributed by atoms with Crippen LogP contribution in [-0.2, 0) is 10.0 Å². The molecule has 2 aromatic carbocycles. The number of benzene rings is 2. The molecule has 0 fully saturated rings. The van der Waals surface area contributed by atoms with E-state index in [-0.39, 0.29) is 27.1 Å². The molecular formula is C19H16BrF3N2O4S. The second-order valence-electron chi connectivity index (χ2n) is 6.32. The Hall–Kier alpha value is -2.53. The van der Waals surface area contributed by atoms with E-state index < -0.39 is 40.3 Å². The number of carbonyl (C=O) groups is 1. The number of hydrogen-bond acceptors (Lipinski definition) is 4. The van der Waals surface area contributed by atoms with Crippen molar-refractivity contribution in [3.8, 4) is 11.3 Å². The van der Waals surface area contributed by atoms with E-state index in [2.05, 4.69) is 26.0 Å². The number of anilines is 1. The minimum absolute atomic E-state index is 0.0691. The number of amides is 1. The molecule has 0 bridgehead atoms. The molecule has 1 aromatic heterocycles. The van der Waals surface area contributed by atoms with Gasteiger partial charge in [0.1, 0.15) is 17.2 Å². The second kappa shape index (κ2) is 8.68. The van der Waals surface area contributed by atoms with Gasteiger partial charge in [0.15, 0.2) is 0 Å². The highest BCUT2D eigenvalue weighted by Crippen LogP contribution is 2.38. The highest BCUT2D eigenvalue weighted by Gasteiger charge is 2.24. The Morgan fingerprint density at radius 3 is 2.47 bits per heavy atom. The summed E-state index contributed by atoms with van der Waals surface area (Å²) in [7, 11) is -2.58. The Kier molecular flexibility index (Phi) is 6.41. The summed E-state index contributed by atoms with van der Waals surface area (Å²) in [6, 6.07) is 8.16. The maximum absolute atomic E-state index is 13.3. The molecule has 0 spiro atoms. The average Bonchev–Trinajstić information content (AvgIpc) is 3.04. The smallest absolute Gasteiger partial charge is 0.255 e. The summed E-state index contributed by atoms with van der Waals surface area (Å²) in [5.41, 5.74) is 0.885. The first kappa shape index (κ1) is 22.2. The number of carbonyl (C=O) groups excluding carboxylic acids is 1. The van der Waals surface area contributed by atoms with Crippen LogP contribution in [0.15, 0.2) is 45.3 Å². The van der Waals surface area contributed by atoms with Crippen LogP contribution in [0.2, 0.25) is 0 Å². The third-order valence-corrected chi connectivity index (χ3v) is 6.17. The van der Waals surface area contributed by atoms with E-state index in [0.717, 1.165) is 0 Å². The van der Waals surface area contributed by atoms with Crippen LogP contribution < -0.4 is 10.0 Å². The quantitative estimate of drug-likeness (QED) is 0.485. The molecule has 0 aliphatic rings. The third-order valence-electron chi connectivity index (χ3n) is 4.21. The molecule has 0 radical (unpaired) electrons. The van der Waals surface area contributed by atoms with Crippen molar-refractivity contribution in [3.63, 3.8) is 0 Å². The molecule has 0 aliphatic carbocycles. The highest BCUT2D eigenvalue weighted by atomic mass is 79.9. The maximum Gasteiger partial charge on any atom is 0.255 e. The highest BCUT2D eigenvalue weighted by molar-refractivity contribution is 9.10. The summed E-state index contributed by atoms with van der Waals surface area (Å²) >= 11 is 3.23. The number of halogens is 4. The number of sulfonamides is 1. The van der Waals surface area contributed by atoms with Gasteiger partial charge in [0.25, 0.3) is 5.91 Å². The fourth-order valence-electron chi connectivity index (χ4n) is 2.81. The van der Waals surface area contributed by atoms with E-state index >= 15 is 0 Å². The molecule has 160 valence electrons. The minimum atomic E-state index is -4.02. The molecule has 6 nitrogen and oxygen atoms in total. The molecule has 0 unspecified atom stereocenters. The summed E-state index contributed by atoms with van der Waals surface area (Å²) in [5, 5.41) is 2.90. The maximum atomic E-state index is 13.3. The number of nitrogens with one attached hydrogen (secondary N) is 2. The lowest BCUT2D eigenvalue weighted by Crippen LogP contribution is -2.19. The van der Waals surface area contributed by atoms with Crippen molar-refractivity contribution in [1.82, 2.24) is 5.32 Å². The number of furan rings is 1. The Balaban J connectivity index is 2.10.